The zero-order valence-corrected chi connectivity index (χ0v) is 12.0. The van der Waals surface area contributed by atoms with Gasteiger partial charge in [-0.1, -0.05) is 12.8 Å². The lowest BCUT2D eigenvalue weighted by molar-refractivity contribution is 0.0605. The van der Waals surface area contributed by atoms with Crippen molar-refractivity contribution >= 4 is 0 Å². The number of nitrogens with one attached hydrogen (secondary N) is 1. The fourth-order valence-corrected chi connectivity index (χ4v) is 4.18. The van der Waals surface area contributed by atoms with Gasteiger partial charge in [0.05, 0.1) is 0 Å². The van der Waals surface area contributed by atoms with Gasteiger partial charge in [-0.25, -0.2) is 5.01 Å². The molecule has 1 N–H and O–H groups in total. The van der Waals surface area contributed by atoms with Crippen molar-refractivity contribution in [3.05, 3.63) is 0 Å². The molecule has 0 radical (unpaired) electrons. The highest BCUT2D eigenvalue weighted by molar-refractivity contribution is 4.91. The lowest BCUT2D eigenvalue weighted by Crippen LogP contribution is -2.54. The first-order valence-corrected chi connectivity index (χ1v) is 7.96. The number of rotatable bonds is 2. The van der Waals surface area contributed by atoms with E-state index < -0.39 is 0 Å². The molecule has 3 heteroatoms. The summed E-state index contributed by atoms with van der Waals surface area (Å²) >= 11 is 0. The van der Waals surface area contributed by atoms with Crippen LogP contribution >= 0.6 is 0 Å². The number of likely N-dealkylation sites (N-methyl/N-ethyl adjacent to an activating group) is 1. The van der Waals surface area contributed by atoms with Crippen molar-refractivity contribution in [2.45, 2.75) is 57.4 Å². The maximum Gasteiger partial charge on any atom is 0.0259 e. The molecule has 0 amide bonds. The Kier molecular flexibility index (Phi) is 3.92. The first-order chi connectivity index (χ1) is 8.76. The van der Waals surface area contributed by atoms with Gasteiger partial charge < -0.3 is 4.90 Å². The van der Waals surface area contributed by atoms with Gasteiger partial charge >= 0.3 is 0 Å². The van der Waals surface area contributed by atoms with E-state index in [9.17, 15) is 0 Å². The summed E-state index contributed by atoms with van der Waals surface area (Å²) in [5.74, 6) is 0. The van der Waals surface area contributed by atoms with Gasteiger partial charge in [-0.2, -0.15) is 0 Å². The van der Waals surface area contributed by atoms with Gasteiger partial charge in [0, 0.05) is 32.2 Å². The van der Waals surface area contributed by atoms with Crippen molar-refractivity contribution in [2.75, 3.05) is 33.2 Å². The summed E-state index contributed by atoms with van der Waals surface area (Å²) in [6.45, 7) is 4.81. The van der Waals surface area contributed by atoms with Crippen LogP contribution in [-0.4, -0.2) is 49.2 Å². The average Bonchev–Trinajstić information content (AvgIpc) is 2.84. The van der Waals surface area contributed by atoms with Crippen molar-refractivity contribution in [1.29, 1.82) is 0 Å². The van der Waals surface area contributed by atoms with Gasteiger partial charge in [0.25, 0.3) is 0 Å². The number of hydrogen-bond donors (Lipinski definition) is 1. The maximum absolute atomic E-state index is 3.79. The highest BCUT2D eigenvalue weighted by Crippen LogP contribution is 2.48. The molecule has 2 saturated carbocycles. The number of nitrogens with zero attached hydrogens (tertiary/aromatic N) is 2. The van der Waals surface area contributed by atoms with Gasteiger partial charge in [-0.05, 0) is 51.0 Å². The topological polar surface area (TPSA) is 18.5 Å². The average molecular weight is 251 g/mol. The van der Waals surface area contributed by atoms with Crippen LogP contribution in [0.3, 0.4) is 0 Å². The predicted molar refractivity (Wildman–Crippen MR) is 75.4 cm³/mol. The minimum Gasteiger partial charge on any atom is -0.304 e. The van der Waals surface area contributed by atoms with E-state index in [-0.39, 0.29) is 0 Å². The largest absolute Gasteiger partial charge is 0.304 e. The molecule has 1 spiro atoms. The molecule has 3 nitrogen and oxygen atoms in total. The zero-order valence-electron chi connectivity index (χ0n) is 12.0. The van der Waals surface area contributed by atoms with Gasteiger partial charge in [0.2, 0.25) is 0 Å². The van der Waals surface area contributed by atoms with E-state index in [1.165, 1.54) is 77.5 Å². The number of hydrogen-bond acceptors (Lipinski definition) is 3. The minimum absolute atomic E-state index is 0.764. The quantitative estimate of drug-likeness (QED) is 0.812. The summed E-state index contributed by atoms with van der Waals surface area (Å²) in [5.41, 5.74) is 4.57. The third kappa shape index (κ3) is 2.89. The summed E-state index contributed by atoms with van der Waals surface area (Å²) in [4.78, 5) is 2.42. The van der Waals surface area contributed by atoms with Crippen molar-refractivity contribution < 1.29 is 0 Å². The van der Waals surface area contributed by atoms with Gasteiger partial charge in [0.15, 0.2) is 0 Å². The second-order valence-electron chi connectivity index (χ2n) is 6.90. The molecule has 104 valence electrons. The van der Waals surface area contributed by atoms with Crippen LogP contribution in [0.2, 0.25) is 0 Å². The molecule has 0 aromatic rings. The molecule has 0 atom stereocenters. The van der Waals surface area contributed by atoms with Gasteiger partial charge in [-0.3, -0.25) is 5.43 Å². The SMILES string of the molecule is CN1CCN(NC2CCC3(CCCC3)CC2)CC1. The molecule has 0 aromatic heterocycles. The predicted octanol–water partition coefficient (Wildman–Crippen LogP) is 2.24. The fourth-order valence-electron chi connectivity index (χ4n) is 4.18. The molecule has 2 aliphatic carbocycles. The number of hydrazine groups is 1. The normalized spacial score (nSPS) is 31.2. The minimum atomic E-state index is 0.764. The van der Waals surface area contributed by atoms with Crippen molar-refractivity contribution in [2.24, 2.45) is 5.41 Å². The van der Waals surface area contributed by atoms with E-state index in [0.717, 1.165) is 11.5 Å². The fraction of sp³-hybridized carbons (Fsp3) is 1.00. The molecule has 3 aliphatic rings. The van der Waals surface area contributed by atoms with E-state index in [1.54, 1.807) is 0 Å². The Labute approximate surface area is 112 Å². The lowest BCUT2D eigenvalue weighted by Gasteiger charge is -2.41. The third-order valence-corrected chi connectivity index (χ3v) is 5.58. The van der Waals surface area contributed by atoms with E-state index in [4.69, 9.17) is 0 Å². The van der Waals surface area contributed by atoms with Crippen molar-refractivity contribution in [1.82, 2.24) is 15.3 Å². The highest BCUT2D eigenvalue weighted by atomic mass is 15.5. The Morgan fingerprint density at radius 3 is 2.11 bits per heavy atom. The Hall–Kier alpha value is -0.120. The zero-order chi connectivity index (χ0) is 12.4. The Balaban J connectivity index is 1.42. The second kappa shape index (κ2) is 5.48. The molecule has 0 unspecified atom stereocenters. The molecule has 1 saturated heterocycles. The van der Waals surface area contributed by atoms with E-state index in [2.05, 4.69) is 22.4 Å². The van der Waals surface area contributed by atoms with Crippen LogP contribution in [0.15, 0.2) is 0 Å². The van der Waals surface area contributed by atoms with E-state index in [1.807, 2.05) is 0 Å². The molecular formula is C15H29N3. The molecule has 1 heterocycles. The number of piperazine rings is 1. The standard InChI is InChI=1S/C15H29N3/c1-17-10-12-18(13-11-17)16-14-4-8-15(9-5-14)6-2-3-7-15/h14,16H,2-13H2,1H3. The summed E-state index contributed by atoms with van der Waals surface area (Å²) < 4.78 is 0. The summed E-state index contributed by atoms with van der Waals surface area (Å²) in [5, 5.41) is 2.47. The van der Waals surface area contributed by atoms with Crippen LogP contribution in [0.25, 0.3) is 0 Å². The van der Waals surface area contributed by atoms with Crippen LogP contribution in [-0.2, 0) is 0 Å². The summed E-state index contributed by atoms with van der Waals surface area (Å²) in [6, 6.07) is 0.764. The van der Waals surface area contributed by atoms with Crippen molar-refractivity contribution in [3.8, 4) is 0 Å². The maximum atomic E-state index is 3.79. The Morgan fingerprint density at radius 1 is 0.889 bits per heavy atom. The molecular weight excluding hydrogens is 222 g/mol. The van der Waals surface area contributed by atoms with E-state index in [0.29, 0.717) is 0 Å². The molecule has 3 rings (SSSR count). The molecule has 0 bridgehead atoms. The Morgan fingerprint density at radius 2 is 1.50 bits per heavy atom. The van der Waals surface area contributed by atoms with Crippen LogP contribution in [0.4, 0.5) is 0 Å². The van der Waals surface area contributed by atoms with Crippen LogP contribution < -0.4 is 5.43 Å². The third-order valence-electron chi connectivity index (χ3n) is 5.58. The summed E-state index contributed by atoms with van der Waals surface area (Å²) in [7, 11) is 2.22. The molecule has 0 aromatic carbocycles. The van der Waals surface area contributed by atoms with Crippen LogP contribution in [0.1, 0.15) is 51.4 Å². The van der Waals surface area contributed by atoms with Gasteiger partial charge in [-0.15, -0.1) is 0 Å². The molecule has 1 aliphatic heterocycles. The smallest absolute Gasteiger partial charge is 0.0259 e. The highest BCUT2D eigenvalue weighted by Gasteiger charge is 2.37. The first-order valence-electron chi connectivity index (χ1n) is 7.96. The van der Waals surface area contributed by atoms with Crippen molar-refractivity contribution in [3.63, 3.8) is 0 Å². The monoisotopic (exact) mass is 251 g/mol. The van der Waals surface area contributed by atoms with Crippen LogP contribution in [0.5, 0.6) is 0 Å². The Bertz CT molecular complexity index is 255. The second-order valence-corrected chi connectivity index (χ2v) is 6.90. The summed E-state index contributed by atoms with van der Waals surface area (Å²) in [6.07, 6.45) is 11.8. The van der Waals surface area contributed by atoms with Crippen LogP contribution in [0, 0.1) is 5.41 Å². The molecule has 3 fully saturated rings. The van der Waals surface area contributed by atoms with E-state index >= 15 is 0 Å². The first kappa shape index (κ1) is 12.9. The lowest BCUT2D eigenvalue weighted by atomic mass is 9.71. The van der Waals surface area contributed by atoms with Gasteiger partial charge in [0.1, 0.15) is 0 Å². The molecule has 18 heavy (non-hydrogen) atoms.